The molecule has 1 saturated carbocycles. The monoisotopic (exact) mass is 234 g/mol. The van der Waals surface area contributed by atoms with Gasteiger partial charge in [-0.3, -0.25) is 4.98 Å². The molecule has 0 saturated heterocycles. The summed E-state index contributed by atoms with van der Waals surface area (Å²) in [6, 6.07) is 2.50. The summed E-state index contributed by atoms with van der Waals surface area (Å²) in [5, 5.41) is 3.44. The van der Waals surface area contributed by atoms with Crippen molar-refractivity contribution in [2.24, 2.45) is 11.8 Å². The molecule has 1 aliphatic rings. The largest absolute Gasteiger partial charge is 0.495 e. The van der Waals surface area contributed by atoms with E-state index in [9.17, 15) is 0 Å². The van der Waals surface area contributed by atoms with Crippen LogP contribution in [0, 0.1) is 11.8 Å². The fourth-order valence-corrected chi connectivity index (χ4v) is 2.95. The van der Waals surface area contributed by atoms with Crippen LogP contribution in [0.1, 0.15) is 37.8 Å². The number of nitrogens with zero attached hydrogens (tertiary/aromatic N) is 1. The van der Waals surface area contributed by atoms with E-state index in [0.717, 1.165) is 17.6 Å². The van der Waals surface area contributed by atoms with E-state index in [1.54, 1.807) is 13.3 Å². The fraction of sp³-hybridized carbons (Fsp3) is 0.643. The van der Waals surface area contributed by atoms with Gasteiger partial charge in [-0.1, -0.05) is 13.3 Å². The lowest BCUT2D eigenvalue weighted by atomic mass is 9.92. The maximum absolute atomic E-state index is 5.24. The molecule has 3 atom stereocenters. The molecule has 0 amide bonds. The van der Waals surface area contributed by atoms with Crippen LogP contribution in [0.15, 0.2) is 18.5 Å². The minimum absolute atomic E-state index is 0.405. The Morgan fingerprint density at radius 2 is 2.24 bits per heavy atom. The molecule has 0 aromatic carbocycles. The SMILES string of the molecule is CNC(c1cncc(OC)c1)C1CCC(C)C1. The molecular weight excluding hydrogens is 212 g/mol. The molecule has 1 heterocycles. The van der Waals surface area contributed by atoms with Crippen molar-refractivity contribution in [2.75, 3.05) is 14.2 Å². The number of aromatic nitrogens is 1. The topological polar surface area (TPSA) is 34.2 Å². The number of pyridine rings is 1. The van der Waals surface area contributed by atoms with E-state index >= 15 is 0 Å². The van der Waals surface area contributed by atoms with Gasteiger partial charge in [0, 0.05) is 12.2 Å². The Morgan fingerprint density at radius 3 is 2.82 bits per heavy atom. The van der Waals surface area contributed by atoms with E-state index in [0.29, 0.717) is 6.04 Å². The van der Waals surface area contributed by atoms with Crippen LogP contribution in [-0.2, 0) is 0 Å². The molecule has 2 rings (SSSR count). The third-order valence-corrected chi connectivity index (χ3v) is 3.85. The highest BCUT2D eigenvalue weighted by Crippen LogP contribution is 2.38. The molecule has 0 radical (unpaired) electrons. The van der Waals surface area contributed by atoms with Crippen molar-refractivity contribution in [1.29, 1.82) is 0 Å². The number of nitrogens with one attached hydrogen (secondary N) is 1. The molecule has 0 spiro atoms. The van der Waals surface area contributed by atoms with Crippen LogP contribution in [0.25, 0.3) is 0 Å². The third-order valence-electron chi connectivity index (χ3n) is 3.85. The van der Waals surface area contributed by atoms with E-state index in [2.05, 4.69) is 23.3 Å². The summed E-state index contributed by atoms with van der Waals surface area (Å²) in [6.07, 6.45) is 7.67. The van der Waals surface area contributed by atoms with Crippen molar-refractivity contribution >= 4 is 0 Å². The molecule has 3 nitrogen and oxygen atoms in total. The second-order valence-corrected chi connectivity index (χ2v) is 5.10. The summed E-state index contributed by atoms with van der Waals surface area (Å²) in [6.45, 7) is 2.34. The number of rotatable bonds is 4. The predicted molar refractivity (Wildman–Crippen MR) is 69.1 cm³/mol. The lowest BCUT2D eigenvalue weighted by molar-refractivity contribution is 0.374. The van der Waals surface area contributed by atoms with Crippen LogP contribution in [0.5, 0.6) is 5.75 Å². The molecule has 17 heavy (non-hydrogen) atoms. The highest BCUT2D eigenvalue weighted by molar-refractivity contribution is 5.26. The molecule has 94 valence electrons. The summed E-state index contributed by atoms with van der Waals surface area (Å²) in [4.78, 5) is 4.25. The van der Waals surface area contributed by atoms with Gasteiger partial charge in [-0.25, -0.2) is 0 Å². The van der Waals surface area contributed by atoms with Gasteiger partial charge in [-0.2, -0.15) is 0 Å². The minimum Gasteiger partial charge on any atom is -0.495 e. The second kappa shape index (κ2) is 5.50. The van der Waals surface area contributed by atoms with Crippen LogP contribution in [0.3, 0.4) is 0 Å². The van der Waals surface area contributed by atoms with Crippen molar-refractivity contribution in [2.45, 2.75) is 32.2 Å². The molecule has 0 bridgehead atoms. The average Bonchev–Trinajstić information content (AvgIpc) is 2.77. The van der Waals surface area contributed by atoms with Gasteiger partial charge in [-0.15, -0.1) is 0 Å². The Balaban J connectivity index is 2.16. The lowest BCUT2D eigenvalue weighted by Gasteiger charge is -2.23. The first-order valence-electron chi connectivity index (χ1n) is 6.40. The summed E-state index contributed by atoms with van der Waals surface area (Å²) in [7, 11) is 3.72. The quantitative estimate of drug-likeness (QED) is 0.870. The number of hydrogen-bond donors (Lipinski definition) is 1. The van der Waals surface area contributed by atoms with E-state index in [1.165, 1.54) is 24.8 Å². The number of ether oxygens (including phenoxy) is 1. The Hall–Kier alpha value is -1.09. The summed E-state index contributed by atoms with van der Waals surface area (Å²) in [5.74, 6) is 2.42. The molecule has 1 aromatic heterocycles. The molecule has 1 aromatic rings. The van der Waals surface area contributed by atoms with E-state index < -0.39 is 0 Å². The van der Waals surface area contributed by atoms with Gasteiger partial charge >= 0.3 is 0 Å². The van der Waals surface area contributed by atoms with E-state index in [-0.39, 0.29) is 0 Å². The van der Waals surface area contributed by atoms with Crippen molar-refractivity contribution in [3.63, 3.8) is 0 Å². The Bertz CT molecular complexity index is 367. The minimum atomic E-state index is 0.405. The summed E-state index contributed by atoms with van der Waals surface area (Å²) < 4.78 is 5.24. The maximum Gasteiger partial charge on any atom is 0.137 e. The van der Waals surface area contributed by atoms with Crippen molar-refractivity contribution in [3.8, 4) is 5.75 Å². The first-order chi connectivity index (χ1) is 8.24. The van der Waals surface area contributed by atoms with E-state index in [1.807, 2.05) is 13.2 Å². The summed E-state index contributed by atoms with van der Waals surface area (Å²) >= 11 is 0. The molecule has 3 unspecified atom stereocenters. The van der Waals surface area contributed by atoms with Crippen molar-refractivity contribution in [1.82, 2.24) is 10.3 Å². The van der Waals surface area contributed by atoms with Crippen LogP contribution < -0.4 is 10.1 Å². The van der Waals surface area contributed by atoms with Crippen LogP contribution in [-0.4, -0.2) is 19.1 Å². The normalized spacial score (nSPS) is 25.8. The van der Waals surface area contributed by atoms with Crippen LogP contribution in [0.2, 0.25) is 0 Å². The van der Waals surface area contributed by atoms with Gasteiger partial charge in [0.1, 0.15) is 5.75 Å². The molecule has 1 fully saturated rings. The maximum atomic E-state index is 5.24. The zero-order valence-electron chi connectivity index (χ0n) is 10.9. The second-order valence-electron chi connectivity index (χ2n) is 5.10. The Labute approximate surface area is 104 Å². The van der Waals surface area contributed by atoms with Crippen LogP contribution >= 0.6 is 0 Å². The molecule has 1 N–H and O–H groups in total. The van der Waals surface area contributed by atoms with Gasteiger partial charge in [0.25, 0.3) is 0 Å². The van der Waals surface area contributed by atoms with Crippen molar-refractivity contribution in [3.05, 3.63) is 24.0 Å². The van der Waals surface area contributed by atoms with Crippen LogP contribution in [0.4, 0.5) is 0 Å². The summed E-state index contributed by atoms with van der Waals surface area (Å²) in [5.41, 5.74) is 1.24. The Kier molecular flexibility index (Phi) is 4.00. The first kappa shape index (κ1) is 12.4. The smallest absolute Gasteiger partial charge is 0.137 e. The Morgan fingerprint density at radius 1 is 1.41 bits per heavy atom. The zero-order chi connectivity index (χ0) is 12.3. The van der Waals surface area contributed by atoms with Gasteiger partial charge in [0.05, 0.1) is 13.3 Å². The highest BCUT2D eigenvalue weighted by Gasteiger charge is 2.29. The van der Waals surface area contributed by atoms with Crippen molar-refractivity contribution < 1.29 is 4.74 Å². The predicted octanol–water partition coefficient (Wildman–Crippen LogP) is 2.79. The van der Waals surface area contributed by atoms with Gasteiger partial charge in [-0.05, 0) is 43.4 Å². The van der Waals surface area contributed by atoms with Gasteiger partial charge in [0.2, 0.25) is 0 Å². The molecule has 3 heteroatoms. The molecular formula is C14H22N2O. The third kappa shape index (κ3) is 2.78. The van der Waals surface area contributed by atoms with Gasteiger partial charge < -0.3 is 10.1 Å². The van der Waals surface area contributed by atoms with Gasteiger partial charge in [0.15, 0.2) is 0 Å². The fourth-order valence-electron chi connectivity index (χ4n) is 2.95. The average molecular weight is 234 g/mol. The standard InChI is InChI=1S/C14H22N2O/c1-10-4-5-11(6-10)14(15-2)12-7-13(17-3)9-16-8-12/h7-11,14-15H,4-6H2,1-3H3. The lowest BCUT2D eigenvalue weighted by Crippen LogP contribution is -2.24. The number of hydrogen-bond acceptors (Lipinski definition) is 3. The zero-order valence-corrected chi connectivity index (χ0v) is 10.9. The number of methoxy groups -OCH3 is 1. The highest BCUT2D eigenvalue weighted by atomic mass is 16.5. The molecule has 1 aliphatic carbocycles. The first-order valence-corrected chi connectivity index (χ1v) is 6.40. The van der Waals surface area contributed by atoms with E-state index in [4.69, 9.17) is 4.74 Å². The molecule has 0 aliphatic heterocycles.